The van der Waals surface area contributed by atoms with Crippen molar-refractivity contribution in [3.8, 4) is 5.88 Å². The molecule has 0 spiro atoms. The van der Waals surface area contributed by atoms with E-state index in [0.29, 0.717) is 5.88 Å². The minimum atomic E-state index is -0.181. The second-order valence-corrected chi connectivity index (χ2v) is 4.33. The van der Waals surface area contributed by atoms with Gasteiger partial charge in [0.25, 0.3) is 0 Å². The fourth-order valence-electron chi connectivity index (χ4n) is 1.88. The number of para-hydroxylation sites is 1. The van der Waals surface area contributed by atoms with Gasteiger partial charge < -0.3 is 15.2 Å². The average molecular weight is 258 g/mol. The molecule has 1 aromatic carbocycles. The summed E-state index contributed by atoms with van der Waals surface area (Å²) in [5, 5.41) is 12.9. The molecular weight excluding hydrogens is 240 g/mol. The van der Waals surface area contributed by atoms with Crippen LogP contribution in [0.3, 0.4) is 0 Å². The van der Waals surface area contributed by atoms with Gasteiger partial charge >= 0.3 is 0 Å². The molecule has 0 radical (unpaired) electrons. The fourth-order valence-corrected chi connectivity index (χ4v) is 1.88. The van der Waals surface area contributed by atoms with Crippen molar-refractivity contribution in [3.63, 3.8) is 0 Å². The molecule has 1 atom stereocenters. The highest BCUT2D eigenvalue weighted by Gasteiger charge is 2.11. The molecule has 0 aliphatic heterocycles. The van der Waals surface area contributed by atoms with Crippen LogP contribution in [0.2, 0.25) is 0 Å². The predicted molar refractivity (Wildman–Crippen MR) is 75.4 cm³/mol. The first-order valence-electron chi connectivity index (χ1n) is 6.17. The van der Waals surface area contributed by atoms with Gasteiger partial charge in [-0.2, -0.15) is 0 Å². The topological polar surface area (TPSA) is 54.4 Å². The van der Waals surface area contributed by atoms with Crippen LogP contribution in [0.1, 0.15) is 17.2 Å². The Bertz CT molecular complexity index is 526. The zero-order valence-corrected chi connectivity index (χ0v) is 11.1. The Hall–Kier alpha value is -2.07. The van der Waals surface area contributed by atoms with Gasteiger partial charge in [-0.3, -0.25) is 0 Å². The summed E-state index contributed by atoms with van der Waals surface area (Å²) < 4.78 is 5.03. The first-order valence-corrected chi connectivity index (χ1v) is 6.17. The van der Waals surface area contributed by atoms with Crippen molar-refractivity contribution in [2.75, 3.05) is 19.0 Å². The number of rotatable bonds is 5. The third kappa shape index (κ3) is 3.23. The second kappa shape index (κ2) is 6.20. The van der Waals surface area contributed by atoms with Crippen LogP contribution in [0.25, 0.3) is 0 Å². The summed E-state index contributed by atoms with van der Waals surface area (Å²) in [5.74, 6) is 0.566. The minimum absolute atomic E-state index is 0.00232. The highest BCUT2D eigenvalue weighted by Crippen LogP contribution is 2.22. The van der Waals surface area contributed by atoms with Crippen LogP contribution in [0.15, 0.2) is 42.6 Å². The average Bonchev–Trinajstić information content (AvgIpc) is 2.47. The third-order valence-electron chi connectivity index (χ3n) is 3.03. The van der Waals surface area contributed by atoms with Crippen LogP contribution in [0, 0.1) is 6.92 Å². The Kier molecular flexibility index (Phi) is 4.36. The number of hydrogen-bond donors (Lipinski definition) is 2. The van der Waals surface area contributed by atoms with Gasteiger partial charge in [-0.1, -0.05) is 18.2 Å². The highest BCUT2D eigenvalue weighted by molar-refractivity contribution is 5.51. The number of nitrogens with one attached hydrogen (secondary N) is 1. The van der Waals surface area contributed by atoms with E-state index in [1.807, 2.05) is 37.3 Å². The molecule has 0 saturated carbocycles. The van der Waals surface area contributed by atoms with Gasteiger partial charge in [-0.25, -0.2) is 4.98 Å². The molecule has 100 valence electrons. The first kappa shape index (κ1) is 13.4. The molecule has 4 heteroatoms. The smallest absolute Gasteiger partial charge is 0.212 e. The molecule has 4 nitrogen and oxygen atoms in total. The Morgan fingerprint density at radius 3 is 2.63 bits per heavy atom. The Morgan fingerprint density at radius 1 is 1.26 bits per heavy atom. The van der Waals surface area contributed by atoms with E-state index < -0.39 is 0 Å². The molecule has 0 amide bonds. The van der Waals surface area contributed by atoms with E-state index in [9.17, 15) is 5.11 Å². The van der Waals surface area contributed by atoms with Crippen molar-refractivity contribution >= 4 is 5.69 Å². The summed E-state index contributed by atoms with van der Waals surface area (Å²) in [6.07, 6.45) is 1.71. The maximum atomic E-state index is 9.54. The van der Waals surface area contributed by atoms with Gasteiger partial charge in [-0.15, -0.1) is 0 Å². The molecule has 2 aromatic rings. The SMILES string of the molecule is COc1ccc(C(CO)Nc2ccccc2C)cn1. The van der Waals surface area contributed by atoms with Crippen LogP contribution in [-0.4, -0.2) is 23.8 Å². The lowest BCUT2D eigenvalue weighted by Crippen LogP contribution is -2.15. The molecule has 2 N–H and O–H groups in total. The molecule has 19 heavy (non-hydrogen) atoms. The van der Waals surface area contributed by atoms with E-state index in [1.54, 1.807) is 19.4 Å². The fraction of sp³-hybridized carbons (Fsp3) is 0.267. The number of benzene rings is 1. The number of pyridine rings is 1. The number of hydrogen-bond acceptors (Lipinski definition) is 4. The van der Waals surface area contributed by atoms with E-state index in [-0.39, 0.29) is 12.6 Å². The van der Waals surface area contributed by atoms with E-state index in [2.05, 4.69) is 10.3 Å². The largest absolute Gasteiger partial charge is 0.481 e. The molecule has 2 rings (SSSR count). The molecule has 0 aliphatic carbocycles. The van der Waals surface area contributed by atoms with Gasteiger partial charge in [0.2, 0.25) is 5.88 Å². The Labute approximate surface area is 113 Å². The molecule has 0 bridgehead atoms. The van der Waals surface area contributed by atoms with Crippen molar-refractivity contribution in [1.82, 2.24) is 4.98 Å². The third-order valence-corrected chi connectivity index (χ3v) is 3.03. The van der Waals surface area contributed by atoms with E-state index in [0.717, 1.165) is 16.8 Å². The van der Waals surface area contributed by atoms with Crippen LogP contribution >= 0.6 is 0 Å². The van der Waals surface area contributed by atoms with Crippen LogP contribution in [0.4, 0.5) is 5.69 Å². The number of aliphatic hydroxyl groups is 1. The van der Waals surface area contributed by atoms with Gasteiger partial charge in [0, 0.05) is 18.0 Å². The highest BCUT2D eigenvalue weighted by atomic mass is 16.5. The number of aromatic nitrogens is 1. The van der Waals surface area contributed by atoms with Crippen LogP contribution < -0.4 is 10.1 Å². The molecule has 1 aromatic heterocycles. The first-order chi connectivity index (χ1) is 9.24. The summed E-state index contributed by atoms with van der Waals surface area (Å²) in [4.78, 5) is 4.16. The lowest BCUT2D eigenvalue weighted by Gasteiger charge is -2.19. The Balaban J connectivity index is 2.17. The summed E-state index contributed by atoms with van der Waals surface area (Å²) in [7, 11) is 1.58. The maximum absolute atomic E-state index is 9.54. The standard InChI is InChI=1S/C15H18N2O2/c1-11-5-3-4-6-13(11)17-14(10-18)12-7-8-15(19-2)16-9-12/h3-9,14,17-18H,10H2,1-2H3. The molecule has 0 saturated heterocycles. The zero-order valence-electron chi connectivity index (χ0n) is 11.1. The zero-order chi connectivity index (χ0) is 13.7. The summed E-state index contributed by atoms with van der Waals surface area (Å²) in [5.41, 5.74) is 3.08. The van der Waals surface area contributed by atoms with Crippen LogP contribution in [0.5, 0.6) is 5.88 Å². The number of aliphatic hydroxyl groups excluding tert-OH is 1. The number of nitrogens with zero attached hydrogens (tertiary/aromatic N) is 1. The minimum Gasteiger partial charge on any atom is -0.481 e. The summed E-state index contributed by atoms with van der Waals surface area (Å²) in [6, 6.07) is 11.5. The summed E-state index contributed by atoms with van der Waals surface area (Å²) in [6.45, 7) is 2.03. The molecule has 1 unspecified atom stereocenters. The number of aryl methyl sites for hydroxylation is 1. The van der Waals surface area contributed by atoms with Crippen molar-refractivity contribution in [2.24, 2.45) is 0 Å². The van der Waals surface area contributed by atoms with Gasteiger partial charge in [0.15, 0.2) is 0 Å². The van der Waals surface area contributed by atoms with Crippen molar-refractivity contribution < 1.29 is 9.84 Å². The van der Waals surface area contributed by atoms with E-state index >= 15 is 0 Å². The van der Waals surface area contributed by atoms with E-state index in [1.165, 1.54) is 0 Å². The Morgan fingerprint density at radius 2 is 2.05 bits per heavy atom. The predicted octanol–water partition coefficient (Wildman–Crippen LogP) is 2.54. The van der Waals surface area contributed by atoms with E-state index in [4.69, 9.17) is 4.74 Å². The lowest BCUT2D eigenvalue weighted by atomic mass is 10.1. The molecule has 0 fully saturated rings. The molecule has 1 heterocycles. The molecular formula is C15H18N2O2. The second-order valence-electron chi connectivity index (χ2n) is 4.33. The van der Waals surface area contributed by atoms with Crippen LogP contribution in [-0.2, 0) is 0 Å². The maximum Gasteiger partial charge on any atom is 0.212 e. The normalized spacial score (nSPS) is 11.9. The lowest BCUT2D eigenvalue weighted by molar-refractivity contribution is 0.276. The van der Waals surface area contributed by atoms with Crippen molar-refractivity contribution in [1.29, 1.82) is 0 Å². The number of ether oxygens (including phenoxy) is 1. The monoisotopic (exact) mass is 258 g/mol. The quantitative estimate of drug-likeness (QED) is 0.865. The van der Waals surface area contributed by atoms with Gasteiger partial charge in [-0.05, 0) is 30.2 Å². The van der Waals surface area contributed by atoms with Crippen molar-refractivity contribution in [3.05, 3.63) is 53.7 Å². The van der Waals surface area contributed by atoms with Crippen molar-refractivity contribution in [2.45, 2.75) is 13.0 Å². The van der Waals surface area contributed by atoms with Gasteiger partial charge in [0.1, 0.15) is 0 Å². The number of anilines is 1. The molecule has 0 aliphatic rings. The number of methoxy groups -OCH3 is 1. The summed E-state index contributed by atoms with van der Waals surface area (Å²) >= 11 is 0. The van der Waals surface area contributed by atoms with Gasteiger partial charge in [0.05, 0.1) is 19.8 Å².